The summed E-state index contributed by atoms with van der Waals surface area (Å²) in [4.78, 5) is 28.3. The summed E-state index contributed by atoms with van der Waals surface area (Å²) in [7, 11) is 1.66. The van der Waals surface area contributed by atoms with Gasteiger partial charge in [-0.1, -0.05) is 6.07 Å². The highest BCUT2D eigenvalue weighted by atomic mass is 32.1. The summed E-state index contributed by atoms with van der Waals surface area (Å²) in [5.74, 6) is 0.547. The first kappa shape index (κ1) is 19.8. The van der Waals surface area contributed by atoms with Gasteiger partial charge >= 0.3 is 5.69 Å². The molecular formula is C18H26N4O4S. The predicted molar refractivity (Wildman–Crippen MR) is 102 cm³/mol. The molecular weight excluding hydrogens is 368 g/mol. The lowest BCUT2D eigenvalue weighted by atomic mass is 10.2. The molecule has 1 atom stereocenters. The van der Waals surface area contributed by atoms with Crippen molar-refractivity contribution in [1.82, 2.24) is 19.2 Å². The number of amides is 1. The molecule has 2 aromatic rings. The normalized spacial score (nSPS) is 16.3. The van der Waals surface area contributed by atoms with Crippen LogP contribution in [-0.4, -0.2) is 52.0 Å². The fourth-order valence-electron chi connectivity index (χ4n) is 3.19. The number of methoxy groups -OCH3 is 1. The summed E-state index contributed by atoms with van der Waals surface area (Å²) in [6.07, 6.45) is 0.465. The number of carbonyl (C=O) groups is 1. The van der Waals surface area contributed by atoms with Crippen molar-refractivity contribution >= 4 is 17.2 Å². The van der Waals surface area contributed by atoms with Gasteiger partial charge in [0.2, 0.25) is 5.91 Å². The van der Waals surface area contributed by atoms with Gasteiger partial charge < -0.3 is 14.4 Å². The number of aromatic nitrogens is 3. The maximum Gasteiger partial charge on any atom is 0.346 e. The van der Waals surface area contributed by atoms with Crippen LogP contribution >= 0.6 is 11.3 Å². The molecule has 1 unspecified atom stereocenters. The van der Waals surface area contributed by atoms with Crippen molar-refractivity contribution in [2.45, 2.75) is 45.5 Å². The first-order valence-electron chi connectivity index (χ1n) is 9.22. The molecule has 0 saturated carbocycles. The number of carbonyl (C=O) groups excluding carboxylic acids is 1. The number of hydrogen-bond acceptors (Lipinski definition) is 6. The maximum absolute atomic E-state index is 13.0. The zero-order valence-electron chi connectivity index (χ0n) is 15.8. The van der Waals surface area contributed by atoms with E-state index in [1.807, 2.05) is 29.3 Å². The van der Waals surface area contributed by atoms with E-state index >= 15 is 0 Å². The van der Waals surface area contributed by atoms with Gasteiger partial charge in [-0.05, 0) is 24.8 Å². The third kappa shape index (κ3) is 4.66. The van der Waals surface area contributed by atoms with Crippen LogP contribution in [0.15, 0.2) is 22.3 Å². The van der Waals surface area contributed by atoms with Gasteiger partial charge in [0.1, 0.15) is 6.10 Å². The Bertz CT molecular complexity index is 799. The van der Waals surface area contributed by atoms with E-state index in [0.29, 0.717) is 45.2 Å². The van der Waals surface area contributed by atoms with Gasteiger partial charge in [-0.15, -0.1) is 11.3 Å². The van der Waals surface area contributed by atoms with E-state index < -0.39 is 6.10 Å². The van der Waals surface area contributed by atoms with Crippen LogP contribution < -0.4 is 5.69 Å². The number of rotatable bonds is 9. The van der Waals surface area contributed by atoms with E-state index in [2.05, 4.69) is 5.10 Å². The molecule has 1 aliphatic rings. The molecule has 9 heteroatoms. The molecule has 27 heavy (non-hydrogen) atoms. The number of nitrogens with zero attached hydrogens (tertiary/aromatic N) is 4. The Labute approximate surface area is 162 Å². The Morgan fingerprint density at radius 2 is 2.37 bits per heavy atom. The van der Waals surface area contributed by atoms with Crippen LogP contribution in [-0.2, 0) is 33.9 Å². The van der Waals surface area contributed by atoms with E-state index in [4.69, 9.17) is 9.47 Å². The van der Waals surface area contributed by atoms with E-state index in [1.54, 1.807) is 23.0 Å². The quantitative estimate of drug-likeness (QED) is 0.605. The molecule has 1 amide bonds. The van der Waals surface area contributed by atoms with Gasteiger partial charge in [-0.2, -0.15) is 5.10 Å². The number of aryl methyl sites for hydroxylation is 1. The minimum atomic E-state index is -0.486. The van der Waals surface area contributed by atoms with E-state index in [9.17, 15) is 9.59 Å². The molecule has 0 saturated heterocycles. The second-order valence-electron chi connectivity index (χ2n) is 6.41. The second-order valence-corrected chi connectivity index (χ2v) is 7.44. The Morgan fingerprint density at radius 1 is 1.52 bits per heavy atom. The first-order chi connectivity index (χ1) is 13.1. The smallest absolute Gasteiger partial charge is 0.346 e. The average molecular weight is 394 g/mol. The van der Waals surface area contributed by atoms with Crippen molar-refractivity contribution in [1.29, 1.82) is 0 Å². The zero-order valence-corrected chi connectivity index (χ0v) is 16.6. The molecule has 0 fully saturated rings. The lowest BCUT2D eigenvalue weighted by Gasteiger charge is -2.27. The lowest BCUT2D eigenvalue weighted by molar-refractivity contribution is -0.136. The van der Waals surface area contributed by atoms with E-state index in [1.165, 1.54) is 4.68 Å². The molecule has 8 nitrogen and oxygen atoms in total. The molecule has 0 radical (unpaired) electrons. The van der Waals surface area contributed by atoms with Crippen LogP contribution in [0.1, 0.15) is 36.6 Å². The monoisotopic (exact) mass is 394 g/mol. The third-order valence-corrected chi connectivity index (χ3v) is 5.45. The van der Waals surface area contributed by atoms with Crippen LogP contribution in [0.2, 0.25) is 0 Å². The minimum Gasteiger partial charge on any atom is -0.385 e. The maximum atomic E-state index is 13.0. The number of ether oxygens (including phenoxy) is 2. The van der Waals surface area contributed by atoms with Crippen LogP contribution in [0.25, 0.3) is 0 Å². The van der Waals surface area contributed by atoms with Crippen LogP contribution in [0.5, 0.6) is 0 Å². The summed E-state index contributed by atoms with van der Waals surface area (Å²) < 4.78 is 14.0. The van der Waals surface area contributed by atoms with Gasteiger partial charge in [0.15, 0.2) is 5.82 Å². The van der Waals surface area contributed by atoms with Crippen molar-refractivity contribution < 1.29 is 14.3 Å². The predicted octanol–water partition coefficient (Wildman–Crippen LogP) is 1.65. The molecule has 0 aliphatic carbocycles. The number of thiophene rings is 1. The Morgan fingerprint density at radius 3 is 3.07 bits per heavy atom. The largest absolute Gasteiger partial charge is 0.385 e. The summed E-state index contributed by atoms with van der Waals surface area (Å²) in [5, 5.41) is 6.37. The standard InChI is InChI=1S/C18H26N4O4S/c1-3-22-18(24)21-8-10-26-15(17(21)19-22)12-16(23)20(7-5-9-25-2)13-14-6-4-11-27-14/h4,6,11,15H,3,5,7-10,12-13H2,1-2H3. The average Bonchev–Trinajstić information content (AvgIpc) is 3.29. The summed E-state index contributed by atoms with van der Waals surface area (Å²) in [6.45, 7) is 5.06. The van der Waals surface area contributed by atoms with Crippen molar-refractivity contribution in [3.63, 3.8) is 0 Å². The van der Waals surface area contributed by atoms with E-state index in [-0.39, 0.29) is 18.0 Å². The van der Waals surface area contributed by atoms with Gasteiger partial charge in [0.05, 0.1) is 26.1 Å². The van der Waals surface area contributed by atoms with Gasteiger partial charge in [-0.25, -0.2) is 9.48 Å². The van der Waals surface area contributed by atoms with Crippen molar-refractivity contribution in [2.24, 2.45) is 0 Å². The van der Waals surface area contributed by atoms with Crippen molar-refractivity contribution in [3.8, 4) is 0 Å². The number of fused-ring (bicyclic) bond motifs is 1. The second kappa shape index (κ2) is 9.29. The molecule has 3 rings (SSSR count). The van der Waals surface area contributed by atoms with Gasteiger partial charge in [-0.3, -0.25) is 9.36 Å². The lowest BCUT2D eigenvalue weighted by Crippen LogP contribution is -2.36. The highest BCUT2D eigenvalue weighted by Crippen LogP contribution is 2.24. The summed E-state index contributed by atoms with van der Waals surface area (Å²) >= 11 is 1.63. The van der Waals surface area contributed by atoms with Gasteiger partial charge in [0.25, 0.3) is 0 Å². The van der Waals surface area contributed by atoms with Crippen LogP contribution in [0.3, 0.4) is 0 Å². The number of hydrogen-bond donors (Lipinski definition) is 0. The molecule has 0 aromatic carbocycles. The molecule has 0 N–H and O–H groups in total. The zero-order chi connectivity index (χ0) is 19.2. The molecule has 1 aliphatic heterocycles. The summed E-state index contributed by atoms with van der Waals surface area (Å²) in [5.41, 5.74) is -0.135. The molecule has 148 valence electrons. The van der Waals surface area contributed by atoms with Crippen LogP contribution in [0.4, 0.5) is 0 Å². The van der Waals surface area contributed by atoms with Crippen molar-refractivity contribution in [3.05, 3.63) is 38.7 Å². The topological polar surface area (TPSA) is 78.6 Å². The Hall–Kier alpha value is -1.97. The van der Waals surface area contributed by atoms with E-state index in [0.717, 1.165) is 11.3 Å². The Balaban J connectivity index is 1.72. The molecule has 0 spiro atoms. The SMILES string of the molecule is CCn1nc2n(c1=O)CCOC2CC(=O)N(CCCOC)Cc1cccs1. The first-order valence-corrected chi connectivity index (χ1v) is 10.1. The van der Waals surface area contributed by atoms with Crippen molar-refractivity contribution in [2.75, 3.05) is 26.9 Å². The minimum absolute atomic E-state index is 0.00329. The van der Waals surface area contributed by atoms with Gasteiger partial charge in [0, 0.05) is 31.7 Å². The fraction of sp³-hybridized carbons (Fsp3) is 0.611. The molecule has 0 bridgehead atoms. The molecule has 3 heterocycles. The van der Waals surface area contributed by atoms with Crippen LogP contribution in [0, 0.1) is 0 Å². The molecule has 2 aromatic heterocycles. The third-order valence-electron chi connectivity index (χ3n) is 4.59. The highest BCUT2D eigenvalue weighted by Gasteiger charge is 2.30. The Kier molecular flexibility index (Phi) is 6.81. The highest BCUT2D eigenvalue weighted by molar-refractivity contribution is 7.09. The summed E-state index contributed by atoms with van der Waals surface area (Å²) in [6, 6.07) is 4.01. The fourth-order valence-corrected chi connectivity index (χ4v) is 3.91.